The van der Waals surface area contributed by atoms with Gasteiger partial charge >= 0.3 is 6.18 Å². The van der Waals surface area contributed by atoms with Gasteiger partial charge in [-0.3, -0.25) is 4.68 Å². The van der Waals surface area contributed by atoms with Crippen LogP contribution in [-0.4, -0.2) is 21.3 Å². The molecule has 0 saturated heterocycles. The number of halogens is 3. The van der Waals surface area contributed by atoms with Crippen molar-refractivity contribution in [3.8, 4) is 0 Å². The van der Waals surface area contributed by atoms with Gasteiger partial charge in [0.05, 0.1) is 22.0 Å². The Bertz CT molecular complexity index is 565. The maximum atomic E-state index is 12.4. The Kier molecular flexibility index (Phi) is 4.34. The van der Waals surface area contributed by atoms with E-state index in [-0.39, 0.29) is 5.25 Å². The highest BCUT2D eigenvalue weighted by Gasteiger charge is 2.30. The summed E-state index contributed by atoms with van der Waals surface area (Å²) >= 11 is 1.32. The fourth-order valence-corrected chi connectivity index (χ4v) is 2.53. The lowest BCUT2D eigenvalue weighted by molar-refractivity contribution is -0.137. The molecule has 0 amide bonds. The summed E-state index contributed by atoms with van der Waals surface area (Å²) in [6.07, 6.45) is -0.0187. The second-order valence-corrected chi connectivity index (χ2v) is 5.40. The van der Waals surface area contributed by atoms with Crippen molar-refractivity contribution < 1.29 is 13.2 Å². The number of hydrogen-bond acceptors (Lipinski definition) is 4. The van der Waals surface area contributed by atoms with Crippen molar-refractivity contribution >= 4 is 11.8 Å². The molecular formula is C12H13F3N4S. The van der Waals surface area contributed by atoms with Crippen LogP contribution in [0, 0.1) is 0 Å². The molecule has 0 aliphatic rings. The Hall–Kier alpha value is -1.54. The van der Waals surface area contributed by atoms with Gasteiger partial charge in [0, 0.05) is 31.5 Å². The zero-order valence-electron chi connectivity index (χ0n) is 10.6. The van der Waals surface area contributed by atoms with E-state index in [1.165, 1.54) is 17.8 Å². The van der Waals surface area contributed by atoms with Crippen LogP contribution in [0.5, 0.6) is 0 Å². The Morgan fingerprint density at radius 3 is 2.55 bits per heavy atom. The van der Waals surface area contributed by atoms with E-state index in [0.717, 1.165) is 17.8 Å². The van der Waals surface area contributed by atoms with Gasteiger partial charge in [0.2, 0.25) is 0 Å². The van der Waals surface area contributed by atoms with Crippen LogP contribution in [0.2, 0.25) is 0 Å². The average Bonchev–Trinajstić information content (AvgIpc) is 2.82. The third kappa shape index (κ3) is 3.51. The molecule has 0 aliphatic carbocycles. The van der Waals surface area contributed by atoms with Crippen molar-refractivity contribution in [2.45, 2.75) is 16.5 Å². The van der Waals surface area contributed by atoms with Crippen LogP contribution in [0.3, 0.4) is 0 Å². The molecule has 20 heavy (non-hydrogen) atoms. The van der Waals surface area contributed by atoms with Gasteiger partial charge in [-0.05, 0) is 12.1 Å². The monoisotopic (exact) mass is 302 g/mol. The minimum atomic E-state index is -4.37. The molecule has 0 fully saturated rings. The fourth-order valence-electron chi connectivity index (χ4n) is 1.62. The van der Waals surface area contributed by atoms with E-state index in [1.54, 1.807) is 17.9 Å². The molecule has 2 N–H and O–H groups in total. The van der Waals surface area contributed by atoms with Crippen LogP contribution in [0.1, 0.15) is 16.4 Å². The van der Waals surface area contributed by atoms with Crippen molar-refractivity contribution in [2.75, 3.05) is 6.54 Å². The van der Waals surface area contributed by atoms with E-state index < -0.39 is 11.7 Å². The Balaban J connectivity index is 2.12. The highest BCUT2D eigenvalue weighted by Crippen LogP contribution is 2.34. The third-order valence-electron chi connectivity index (χ3n) is 2.64. The maximum Gasteiger partial charge on any atom is 0.417 e. The largest absolute Gasteiger partial charge is 0.417 e. The van der Waals surface area contributed by atoms with E-state index in [2.05, 4.69) is 10.1 Å². The summed E-state index contributed by atoms with van der Waals surface area (Å²) in [5.41, 5.74) is 5.86. The van der Waals surface area contributed by atoms with Crippen LogP contribution in [0.15, 0.2) is 35.7 Å². The van der Waals surface area contributed by atoms with Crippen molar-refractivity contribution in [3.05, 3.63) is 41.9 Å². The number of rotatable bonds is 4. The lowest BCUT2D eigenvalue weighted by atomic mass is 10.2. The van der Waals surface area contributed by atoms with Gasteiger partial charge in [-0.25, -0.2) is 4.98 Å². The first kappa shape index (κ1) is 14.9. The molecule has 2 aromatic heterocycles. The highest BCUT2D eigenvalue weighted by molar-refractivity contribution is 7.99. The molecule has 4 nitrogen and oxygen atoms in total. The molecule has 0 spiro atoms. The predicted octanol–water partition coefficient (Wildman–Crippen LogP) is 2.63. The molecule has 0 aromatic carbocycles. The van der Waals surface area contributed by atoms with Crippen LogP contribution >= 0.6 is 11.8 Å². The average molecular weight is 302 g/mol. The van der Waals surface area contributed by atoms with Gasteiger partial charge < -0.3 is 5.73 Å². The minimum Gasteiger partial charge on any atom is -0.329 e. The number of aryl methyl sites for hydroxylation is 1. The molecule has 0 bridgehead atoms. The standard InChI is InChI=1S/C12H13F3N4S/c1-19-7-8(5-18-19)10(4-16)20-11-3-2-9(6-17-11)12(13,14)15/h2-3,5-7,10H,4,16H2,1H3. The molecule has 2 aromatic rings. The number of thioether (sulfide) groups is 1. The Labute approximate surface area is 118 Å². The number of aromatic nitrogens is 3. The third-order valence-corrected chi connectivity index (χ3v) is 3.87. The smallest absolute Gasteiger partial charge is 0.329 e. The minimum absolute atomic E-state index is 0.0899. The van der Waals surface area contributed by atoms with Crippen molar-refractivity contribution in [1.29, 1.82) is 0 Å². The normalized spacial score (nSPS) is 13.4. The summed E-state index contributed by atoms with van der Waals surface area (Å²) in [6, 6.07) is 2.37. The number of nitrogens with zero attached hydrogens (tertiary/aromatic N) is 3. The Morgan fingerprint density at radius 1 is 1.35 bits per heavy atom. The number of pyridine rings is 1. The van der Waals surface area contributed by atoms with Crippen molar-refractivity contribution in [3.63, 3.8) is 0 Å². The Morgan fingerprint density at radius 2 is 2.10 bits per heavy atom. The van der Waals surface area contributed by atoms with E-state index in [0.29, 0.717) is 11.6 Å². The molecule has 2 rings (SSSR count). The first-order chi connectivity index (χ1) is 9.40. The number of hydrogen-bond donors (Lipinski definition) is 1. The van der Waals surface area contributed by atoms with Gasteiger partial charge in [0.15, 0.2) is 0 Å². The van der Waals surface area contributed by atoms with Crippen molar-refractivity contribution in [1.82, 2.24) is 14.8 Å². The van der Waals surface area contributed by atoms with E-state index >= 15 is 0 Å². The highest BCUT2D eigenvalue weighted by atomic mass is 32.2. The topological polar surface area (TPSA) is 56.7 Å². The van der Waals surface area contributed by atoms with E-state index in [9.17, 15) is 13.2 Å². The molecule has 1 unspecified atom stereocenters. The molecule has 0 radical (unpaired) electrons. The van der Waals surface area contributed by atoms with Crippen molar-refractivity contribution in [2.24, 2.45) is 12.8 Å². The van der Waals surface area contributed by atoms with Gasteiger partial charge in [-0.2, -0.15) is 18.3 Å². The predicted molar refractivity (Wildman–Crippen MR) is 70.1 cm³/mol. The van der Waals surface area contributed by atoms with Crippen LogP contribution in [0.4, 0.5) is 13.2 Å². The molecular weight excluding hydrogens is 289 g/mol. The summed E-state index contributed by atoms with van der Waals surface area (Å²) in [5.74, 6) is 0. The SMILES string of the molecule is Cn1cc(C(CN)Sc2ccc(C(F)(F)F)cn2)cn1. The van der Waals surface area contributed by atoms with E-state index in [1.807, 2.05) is 6.20 Å². The second-order valence-electron chi connectivity index (χ2n) is 4.17. The van der Waals surface area contributed by atoms with E-state index in [4.69, 9.17) is 5.73 Å². The van der Waals surface area contributed by atoms with Gasteiger partial charge in [-0.1, -0.05) is 11.8 Å². The molecule has 8 heteroatoms. The summed E-state index contributed by atoms with van der Waals surface area (Å²) in [5, 5.41) is 4.46. The fraction of sp³-hybridized carbons (Fsp3) is 0.333. The summed E-state index contributed by atoms with van der Waals surface area (Å²) < 4.78 is 39.0. The maximum absolute atomic E-state index is 12.4. The molecule has 0 saturated carbocycles. The summed E-state index contributed by atoms with van der Waals surface area (Å²) in [7, 11) is 1.79. The number of nitrogens with two attached hydrogens (primary N) is 1. The zero-order chi connectivity index (χ0) is 14.8. The molecule has 0 aliphatic heterocycles. The lowest BCUT2D eigenvalue weighted by Crippen LogP contribution is -2.09. The summed E-state index contributed by atoms with van der Waals surface area (Å²) in [4.78, 5) is 3.83. The van der Waals surface area contributed by atoms with Crippen LogP contribution < -0.4 is 5.73 Å². The van der Waals surface area contributed by atoms with Gasteiger partial charge in [0.25, 0.3) is 0 Å². The molecule has 2 heterocycles. The first-order valence-corrected chi connectivity index (χ1v) is 6.66. The first-order valence-electron chi connectivity index (χ1n) is 5.78. The quantitative estimate of drug-likeness (QED) is 0.882. The zero-order valence-corrected chi connectivity index (χ0v) is 11.4. The number of alkyl halides is 3. The van der Waals surface area contributed by atoms with Crippen LogP contribution in [0.25, 0.3) is 0 Å². The lowest BCUT2D eigenvalue weighted by Gasteiger charge is -2.12. The second kappa shape index (κ2) is 5.84. The molecule has 1 atom stereocenters. The van der Waals surface area contributed by atoms with Gasteiger partial charge in [0.1, 0.15) is 0 Å². The molecule has 108 valence electrons. The van der Waals surface area contributed by atoms with Gasteiger partial charge in [-0.15, -0.1) is 0 Å². The van der Waals surface area contributed by atoms with Crippen LogP contribution in [-0.2, 0) is 13.2 Å². The summed E-state index contributed by atoms with van der Waals surface area (Å²) in [6.45, 7) is 0.346.